The second-order valence-corrected chi connectivity index (χ2v) is 6.09. The number of benzene rings is 1. The fourth-order valence-electron chi connectivity index (χ4n) is 2.77. The zero-order chi connectivity index (χ0) is 18.5. The number of halogens is 2. The second-order valence-electron chi connectivity index (χ2n) is 6.09. The average Bonchev–Trinajstić information content (AvgIpc) is 3.04. The lowest BCUT2D eigenvalue weighted by Crippen LogP contribution is -2.43. The van der Waals surface area contributed by atoms with Gasteiger partial charge in [-0.2, -0.15) is 4.98 Å². The Balaban J connectivity index is 1.41. The van der Waals surface area contributed by atoms with Crippen molar-refractivity contribution in [3.8, 4) is 0 Å². The lowest BCUT2D eigenvalue weighted by molar-refractivity contribution is 0.0168. The maximum absolute atomic E-state index is 13.6. The van der Waals surface area contributed by atoms with Crippen LogP contribution in [0.2, 0.25) is 0 Å². The van der Waals surface area contributed by atoms with Crippen LogP contribution in [0.1, 0.15) is 24.6 Å². The number of ether oxygens (including phenoxy) is 1. The lowest BCUT2D eigenvalue weighted by atomic mass is 10.1. The normalized spacial score (nSPS) is 15.3. The molecule has 0 atom stereocenters. The van der Waals surface area contributed by atoms with Gasteiger partial charge in [0.05, 0.1) is 18.4 Å². The fraction of sp³-hybridized carbons (Fsp3) is 0.471. The minimum Gasteiger partial charge on any atom is -0.378 e. The molecular weight excluding hydrogens is 346 g/mol. The molecule has 2 aromatic rings. The number of amides is 2. The number of carbonyl (C=O) groups excluding carboxylic acids is 1. The summed E-state index contributed by atoms with van der Waals surface area (Å²) in [6.45, 7) is 3.17. The molecule has 26 heavy (non-hydrogen) atoms. The van der Waals surface area contributed by atoms with E-state index in [4.69, 9.17) is 9.26 Å². The quantitative estimate of drug-likeness (QED) is 0.880. The van der Waals surface area contributed by atoms with Crippen LogP contribution in [0.15, 0.2) is 22.7 Å². The summed E-state index contributed by atoms with van der Waals surface area (Å²) in [6.07, 6.45) is 1.95. The van der Waals surface area contributed by atoms with Crippen LogP contribution in [0.4, 0.5) is 19.3 Å². The third-order valence-electron chi connectivity index (χ3n) is 4.15. The third-order valence-corrected chi connectivity index (χ3v) is 4.15. The van der Waals surface area contributed by atoms with Crippen molar-refractivity contribution in [3.63, 3.8) is 0 Å². The molecule has 9 heteroatoms. The molecule has 0 unspecified atom stereocenters. The number of piperidine rings is 1. The molecule has 140 valence electrons. The van der Waals surface area contributed by atoms with Crippen LogP contribution >= 0.6 is 0 Å². The number of urea groups is 1. The van der Waals surface area contributed by atoms with Gasteiger partial charge in [-0.15, -0.1) is 0 Å². The van der Waals surface area contributed by atoms with Crippen molar-refractivity contribution in [2.45, 2.75) is 32.3 Å². The Labute approximate surface area is 149 Å². The molecule has 2 amide bonds. The van der Waals surface area contributed by atoms with E-state index in [9.17, 15) is 13.6 Å². The van der Waals surface area contributed by atoms with Crippen LogP contribution in [0, 0.1) is 18.6 Å². The molecule has 3 rings (SSSR count). The largest absolute Gasteiger partial charge is 0.378 e. The zero-order valence-electron chi connectivity index (χ0n) is 14.4. The Morgan fingerprint density at radius 2 is 2.15 bits per heavy atom. The first kappa shape index (κ1) is 18.2. The monoisotopic (exact) mass is 366 g/mol. The molecule has 1 fully saturated rings. The van der Waals surface area contributed by atoms with E-state index in [2.05, 4.69) is 15.5 Å². The van der Waals surface area contributed by atoms with Crippen LogP contribution in [0.5, 0.6) is 0 Å². The molecule has 1 saturated heterocycles. The van der Waals surface area contributed by atoms with E-state index >= 15 is 0 Å². The van der Waals surface area contributed by atoms with Gasteiger partial charge in [0, 0.05) is 32.5 Å². The van der Waals surface area contributed by atoms with Gasteiger partial charge >= 0.3 is 6.03 Å². The summed E-state index contributed by atoms with van der Waals surface area (Å²) in [5, 5.41) is 6.21. The summed E-state index contributed by atoms with van der Waals surface area (Å²) in [5.41, 5.74) is -0.163. The van der Waals surface area contributed by atoms with E-state index in [1.807, 2.05) is 0 Å². The van der Waals surface area contributed by atoms with E-state index in [1.165, 1.54) is 0 Å². The first-order valence-electron chi connectivity index (χ1n) is 8.43. The van der Waals surface area contributed by atoms with Crippen LogP contribution in [0.25, 0.3) is 0 Å². The van der Waals surface area contributed by atoms with Crippen molar-refractivity contribution >= 4 is 11.7 Å². The maximum atomic E-state index is 13.6. The minimum absolute atomic E-state index is 0.0398. The average molecular weight is 366 g/mol. The molecule has 0 saturated carbocycles. The van der Waals surface area contributed by atoms with E-state index < -0.39 is 17.7 Å². The molecular formula is C17H20F2N4O3. The number of hydrogen-bond donors (Lipinski definition) is 1. The van der Waals surface area contributed by atoms with Crippen LogP contribution in [0.3, 0.4) is 0 Å². The van der Waals surface area contributed by atoms with Crippen LogP contribution in [-0.2, 0) is 11.2 Å². The molecule has 2 heterocycles. The Morgan fingerprint density at radius 1 is 1.38 bits per heavy atom. The van der Waals surface area contributed by atoms with Gasteiger partial charge in [-0.05, 0) is 25.0 Å². The fourth-order valence-corrected chi connectivity index (χ4v) is 2.77. The number of carbonyl (C=O) groups is 1. The summed E-state index contributed by atoms with van der Waals surface area (Å²) >= 11 is 0. The Kier molecular flexibility index (Phi) is 5.77. The highest BCUT2D eigenvalue weighted by Crippen LogP contribution is 2.18. The highest BCUT2D eigenvalue weighted by atomic mass is 19.1. The molecule has 0 radical (unpaired) electrons. The highest BCUT2D eigenvalue weighted by molar-refractivity contribution is 5.89. The molecule has 1 aromatic heterocycles. The smallest absolute Gasteiger partial charge is 0.321 e. The summed E-state index contributed by atoms with van der Waals surface area (Å²) in [7, 11) is 0. The van der Waals surface area contributed by atoms with Crippen molar-refractivity contribution in [2.24, 2.45) is 0 Å². The van der Waals surface area contributed by atoms with E-state index in [-0.39, 0.29) is 11.8 Å². The molecule has 0 spiro atoms. The van der Waals surface area contributed by atoms with Gasteiger partial charge < -0.3 is 19.5 Å². The number of hydrogen-bond acceptors (Lipinski definition) is 5. The first-order chi connectivity index (χ1) is 12.5. The van der Waals surface area contributed by atoms with E-state index in [0.29, 0.717) is 50.7 Å². The maximum Gasteiger partial charge on any atom is 0.321 e. The second kappa shape index (κ2) is 8.22. The summed E-state index contributed by atoms with van der Waals surface area (Å²) in [4.78, 5) is 17.9. The standard InChI is InChI=1S/C17H20F2N4O3/c1-11-20-16(22-26-11)6-9-25-13-4-7-23(8-5-13)17(24)21-15-10-12(18)2-3-14(15)19/h2-3,10,13H,4-9H2,1H3,(H,21,24). The van der Waals surface area contributed by atoms with Crippen molar-refractivity contribution in [2.75, 3.05) is 25.0 Å². The lowest BCUT2D eigenvalue weighted by Gasteiger charge is -2.32. The summed E-state index contributed by atoms with van der Waals surface area (Å²) < 4.78 is 37.5. The van der Waals surface area contributed by atoms with Gasteiger partial charge in [-0.1, -0.05) is 5.16 Å². The van der Waals surface area contributed by atoms with Gasteiger partial charge in [0.25, 0.3) is 0 Å². The number of likely N-dealkylation sites (tertiary alicyclic amines) is 1. The van der Waals surface area contributed by atoms with Crippen LogP contribution in [-0.4, -0.2) is 46.9 Å². The molecule has 1 aliphatic rings. The van der Waals surface area contributed by atoms with Gasteiger partial charge in [0.1, 0.15) is 11.6 Å². The number of rotatable bonds is 5. The highest BCUT2D eigenvalue weighted by Gasteiger charge is 2.24. The van der Waals surface area contributed by atoms with Crippen molar-refractivity contribution in [3.05, 3.63) is 41.5 Å². The molecule has 0 aliphatic carbocycles. The summed E-state index contributed by atoms with van der Waals surface area (Å²) in [6, 6.07) is 2.50. The van der Waals surface area contributed by atoms with E-state index in [0.717, 1.165) is 18.2 Å². The Bertz CT molecular complexity index is 760. The predicted molar refractivity (Wildman–Crippen MR) is 88.7 cm³/mol. The predicted octanol–water partition coefficient (Wildman–Crippen LogP) is 2.91. The van der Waals surface area contributed by atoms with Crippen molar-refractivity contribution < 1.29 is 22.8 Å². The minimum atomic E-state index is -0.672. The number of aromatic nitrogens is 2. The number of anilines is 1. The van der Waals surface area contributed by atoms with Gasteiger partial charge in [0.15, 0.2) is 5.82 Å². The van der Waals surface area contributed by atoms with E-state index in [1.54, 1.807) is 11.8 Å². The van der Waals surface area contributed by atoms with Crippen molar-refractivity contribution in [1.29, 1.82) is 0 Å². The number of aryl methyl sites for hydroxylation is 1. The van der Waals surface area contributed by atoms with Crippen LogP contribution < -0.4 is 5.32 Å². The molecule has 1 aliphatic heterocycles. The number of nitrogens with zero attached hydrogens (tertiary/aromatic N) is 3. The zero-order valence-corrected chi connectivity index (χ0v) is 14.4. The summed E-state index contributed by atoms with van der Waals surface area (Å²) in [5.74, 6) is -0.147. The molecule has 1 aromatic carbocycles. The van der Waals surface area contributed by atoms with Gasteiger partial charge in [-0.25, -0.2) is 13.6 Å². The van der Waals surface area contributed by atoms with Gasteiger partial charge in [-0.3, -0.25) is 0 Å². The van der Waals surface area contributed by atoms with Crippen molar-refractivity contribution in [1.82, 2.24) is 15.0 Å². The number of nitrogens with one attached hydrogen (secondary N) is 1. The molecule has 7 nitrogen and oxygen atoms in total. The SMILES string of the molecule is Cc1nc(CCOC2CCN(C(=O)Nc3cc(F)ccc3F)CC2)no1. The first-order valence-corrected chi connectivity index (χ1v) is 8.43. The molecule has 0 bridgehead atoms. The Hall–Kier alpha value is -2.55. The van der Waals surface area contributed by atoms with Gasteiger partial charge in [0.2, 0.25) is 5.89 Å². The Morgan fingerprint density at radius 3 is 2.85 bits per heavy atom. The third kappa shape index (κ3) is 4.75. The topological polar surface area (TPSA) is 80.5 Å². The molecule has 1 N–H and O–H groups in total.